The summed E-state index contributed by atoms with van der Waals surface area (Å²) in [6.07, 6.45) is -1.49. The zero-order valence-corrected chi connectivity index (χ0v) is 9.57. The first kappa shape index (κ1) is 12.9. The predicted octanol–water partition coefficient (Wildman–Crippen LogP) is 2.34. The van der Waals surface area contributed by atoms with E-state index in [1.165, 1.54) is 0 Å². The Morgan fingerprint density at radius 3 is 2.72 bits per heavy atom. The monoisotopic (exact) mass is 262 g/mol. The lowest BCUT2D eigenvalue weighted by molar-refractivity contribution is -0.177. The lowest BCUT2D eigenvalue weighted by atomic mass is 10.0. The standard InChI is InChI=1S/C11H13F3N2O2/c12-11(13,14)9(5-10(17)18)16-6-15-7-3-1-2-4-8(7)16/h6,9H,1-5H2,(H,17,18). The van der Waals surface area contributed by atoms with Gasteiger partial charge in [-0.2, -0.15) is 13.2 Å². The molecular formula is C11H13F3N2O2. The molecule has 7 heteroatoms. The van der Waals surface area contributed by atoms with Crippen LogP contribution in [0.4, 0.5) is 13.2 Å². The molecule has 18 heavy (non-hydrogen) atoms. The van der Waals surface area contributed by atoms with Crippen molar-refractivity contribution >= 4 is 5.97 Å². The van der Waals surface area contributed by atoms with Crippen LogP contribution in [0.5, 0.6) is 0 Å². The highest BCUT2D eigenvalue weighted by Crippen LogP contribution is 2.36. The predicted molar refractivity (Wildman–Crippen MR) is 56.2 cm³/mol. The van der Waals surface area contributed by atoms with Gasteiger partial charge in [0.25, 0.3) is 0 Å². The highest BCUT2D eigenvalue weighted by Gasteiger charge is 2.43. The fourth-order valence-corrected chi connectivity index (χ4v) is 2.30. The first-order chi connectivity index (χ1) is 8.39. The minimum atomic E-state index is -4.58. The fourth-order valence-electron chi connectivity index (χ4n) is 2.30. The number of imidazole rings is 1. The summed E-state index contributed by atoms with van der Waals surface area (Å²) in [5.41, 5.74) is 1.20. The van der Waals surface area contributed by atoms with Gasteiger partial charge < -0.3 is 9.67 Å². The summed E-state index contributed by atoms with van der Waals surface area (Å²) in [5.74, 6) is -1.46. The molecule has 0 aromatic carbocycles. The molecule has 1 aromatic heterocycles. The van der Waals surface area contributed by atoms with Crippen molar-refractivity contribution in [2.24, 2.45) is 0 Å². The van der Waals surface area contributed by atoms with Gasteiger partial charge in [-0.3, -0.25) is 4.79 Å². The van der Waals surface area contributed by atoms with Crippen LogP contribution in [0.15, 0.2) is 6.33 Å². The molecule has 0 aliphatic heterocycles. The lowest BCUT2D eigenvalue weighted by Crippen LogP contribution is -2.30. The quantitative estimate of drug-likeness (QED) is 0.909. The van der Waals surface area contributed by atoms with Gasteiger partial charge in [0.2, 0.25) is 0 Å². The van der Waals surface area contributed by atoms with Crippen LogP contribution >= 0.6 is 0 Å². The number of fused-ring (bicyclic) bond motifs is 1. The summed E-state index contributed by atoms with van der Waals surface area (Å²) in [6, 6.07) is -2.02. The molecule has 1 aromatic rings. The van der Waals surface area contributed by atoms with Crippen molar-refractivity contribution in [1.82, 2.24) is 9.55 Å². The molecule has 0 saturated heterocycles. The van der Waals surface area contributed by atoms with Crippen LogP contribution in [0.1, 0.15) is 36.7 Å². The van der Waals surface area contributed by atoms with Crippen molar-refractivity contribution < 1.29 is 23.1 Å². The summed E-state index contributed by atoms with van der Waals surface area (Å²) in [7, 11) is 0. The maximum atomic E-state index is 12.9. The average Bonchev–Trinajstić information content (AvgIpc) is 2.67. The minimum absolute atomic E-state index is 0.529. The smallest absolute Gasteiger partial charge is 0.409 e. The van der Waals surface area contributed by atoms with Crippen LogP contribution in [0.3, 0.4) is 0 Å². The summed E-state index contributed by atoms with van der Waals surface area (Å²) in [6.45, 7) is 0. The number of carbonyl (C=O) groups is 1. The molecule has 0 amide bonds. The molecule has 1 aliphatic carbocycles. The van der Waals surface area contributed by atoms with E-state index in [-0.39, 0.29) is 0 Å². The van der Waals surface area contributed by atoms with Crippen LogP contribution in [0, 0.1) is 0 Å². The van der Waals surface area contributed by atoms with E-state index in [2.05, 4.69) is 4.98 Å². The molecule has 1 heterocycles. The second kappa shape index (κ2) is 4.62. The second-order valence-electron chi connectivity index (χ2n) is 4.41. The first-order valence-corrected chi connectivity index (χ1v) is 5.72. The van der Waals surface area contributed by atoms with Gasteiger partial charge in [0.15, 0.2) is 0 Å². The van der Waals surface area contributed by atoms with Crippen molar-refractivity contribution in [2.75, 3.05) is 0 Å². The van der Waals surface area contributed by atoms with E-state index in [0.29, 0.717) is 24.2 Å². The maximum Gasteiger partial charge on any atom is 0.409 e. The molecule has 1 unspecified atom stereocenters. The number of aliphatic carboxylic acids is 1. The van der Waals surface area contributed by atoms with E-state index < -0.39 is 24.6 Å². The van der Waals surface area contributed by atoms with Gasteiger partial charge in [-0.25, -0.2) is 4.98 Å². The van der Waals surface area contributed by atoms with E-state index in [4.69, 9.17) is 5.11 Å². The molecule has 0 saturated carbocycles. The largest absolute Gasteiger partial charge is 0.481 e. The van der Waals surface area contributed by atoms with E-state index in [1.54, 1.807) is 0 Å². The third-order valence-electron chi connectivity index (χ3n) is 3.14. The topological polar surface area (TPSA) is 55.1 Å². The van der Waals surface area contributed by atoms with E-state index in [9.17, 15) is 18.0 Å². The van der Waals surface area contributed by atoms with E-state index >= 15 is 0 Å². The third-order valence-corrected chi connectivity index (χ3v) is 3.14. The number of aromatic nitrogens is 2. The molecule has 0 radical (unpaired) electrons. The van der Waals surface area contributed by atoms with Crippen molar-refractivity contribution in [3.05, 3.63) is 17.7 Å². The number of rotatable bonds is 3. The summed E-state index contributed by atoms with van der Waals surface area (Å²) >= 11 is 0. The molecule has 100 valence electrons. The Bertz CT molecular complexity index is 454. The molecule has 4 nitrogen and oxygen atoms in total. The second-order valence-corrected chi connectivity index (χ2v) is 4.41. The van der Waals surface area contributed by atoms with Gasteiger partial charge in [0.05, 0.1) is 18.4 Å². The molecule has 1 atom stereocenters. The molecular weight excluding hydrogens is 249 g/mol. The normalized spacial score (nSPS) is 17.3. The Labute approximate surface area is 101 Å². The Hall–Kier alpha value is -1.53. The zero-order chi connectivity index (χ0) is 13.3. The number of hydrogen-bond donors (Lipinski definition) is 1. The Morgan fingerprint density at radius 1 is 1.44 bits per heavy atom. The molecule has 0 spiro atoms. The molecule has 2 rings (SSSR count). The van der Waals surface area contributed by atoms with Gasteiger partial charge in [0.1, 0.15) is 6.04 Å². The number of halogens is 3. The molecule has 0 bridgehead atoms. The molecule has 1 N–H and O–H groups in total. The number of carboxylic acid groups (broad SMARTS) is 1. The zero-order valence-electron chi connectivity index (χ0n) is 9.57. The van der Waals surface area contributed by atoms with Gasteiger partial charge in [-0.15, -0.1) is 0 Å². The fraction of sp³-hybridized carbons (Fsp3) is 0.636. The SMILES string of the molecule is O=C(O)CC(n1cnc2c1CCCC2)C(F)(F)F. The first-order valence-electron chi connectivity index (χ1n) is 5.72. The van der Waals surface area contributed by atoms with Crippen LogP contribution < -0.4 is 0 Å². The van der Waals surface area contributed by atoms with Gasteiger partial charge in [-0.1, -0.05) is 0 Å². The number of hydrogen-bond acceptors (Lipinski definition) is 2. The van der Waals surface area contributed by atoms with E-state index in [0.717, 1.165) is 23.7 Å². The lowest BCUT2D eigenvalue weighted by Gasteiger charge is -2.23. The number of aryl methyl sites for hydroxylation is 1. The molecule has 1 aliphatic rings. The number of alkyl halides is 3. The van der Waals surface area contributed by atoms with E-state index in [1.807, 2.05) is 0 Å². The van der Waals surface area contributed by atoms with Crippen molar-refractivity contribution in [3.8, 4) is 0 Å². The average molecular weight is 262 g/mol. The van der Waals surface area contributed by atoms with Crippen molar-refractivity contribution in [3.63, 3.8) is 0 Å². The highest BCUT2D eigenvalue weighted by molar-refractivity contribution is 5.67. The third kappa shape index (κ3) is 2.49. The maximum absolute atomic E-state index is 12.9. The summed E-state index contributed by atoms with van der Waals surface area (Å²) in [5, 5.41) is 8.62. The van der Waals surface area contributed by atoms with Gasteiger partial charge in [-0.05, 0) is 25.7 Å². The van der Waals surface area contributed by atoms with Gasteiger partial charge in [0, 0.05) is 5.69 Å². The Morgan fingerprint density at radius 2 is 2.11 bits per heavy atom. The van der Waals surface area contributed by atoms with Crippen LogP contribution in [0.2, 0.25) is 0 Å². The number of nitrogens with zero attached hydrogens (tertiary/aromatic N) is 2. The number of carboxylic acids is 1. The van der Waals surface area contributed by atoms with Gasteiger partial charge >= 0.3 is 12.1 Å². The van der Waals surface area contributed by atoms with Crippen LogP contribution in [-0.2, 0) is 17.6 Å². The van der Waals surface area contributed by atoms with Crippen LogP contribution in [-0.4, -0.2) is 26.8 Å². The van der Waals surface area contributed by atoms with Crippen molar-refractivity contribution in [2.45, 2.75) is 44.3 Å². The Kier molecular flexibility index (Phi) is 3.32. The summed E-state index contributed by atoms with van der Waals surface area (Å²) < 4.78 is 39.7. The van der Waals surface area contributed by atoms with Crippen molar-refractivity contribution in [1.29, 1.82) is 0 Å². The summed E-state index contributed by atoms with van der Waals surface area (Å²) in [4.78, 5) is 14.6. The molecule has 0 fully saturated rings. The highest BCUT2D eigenvalue weighted by atomic mass is 19.4. The Balaban J connectivity index is 2.36. The van der Waals surface area contributed by atoms with Crippen LogP contribution in [0.25, 0.3) is 0 Å². The minimum Gasteiger partial charge on any atom is -0.481 e.